The van der Waals surface area contributed by atoms with Crippen LogP contribution in [0.25, 0.3) is 0 Å². The van der Waals surface area contributed by atoms with Gasteiger partial charge in [0.2, 0.25) is 5.91 Å². The van der Waals surface area contributed by atoms with E-state index in [0.29, 0.717) is 18.5 Å². The van der Waals surface area contributed by atoms with Crippen LogP contribution in [0.3, 0.4) is 0 Å². The third-order valence-electron chi connectivity index (χ3n) is 4.72. The van der Waals surface area contributed by atoms with Gasteiger partial charge in [-0.05, 0) is 31.2 Å². The number of amides is 1. The quantitative estimate of drug-likeness (QED) is 0.814. The predicted molar refractivity (Wildman–Crippen MR) is 77.8 cm³/mol. The van der Waals surface area contributed by atoms with Gasteiger partial charge in [-0.3, -0.25) is 9.69 Å². The molecule has 0 radical (unpaired) electrons. The Morgan fingerprint density at radius 2 is 2.05 bits per heavy atom. The number of nitrogens with one attached hydrogen (secondary N) is 1. The summed E-state index contributed by atoms with van der Waals surface area (Å²) in [6.45, 7) is 8.61. The maximum Gasteiger partial charge on any atom is 0.221 e. The van der Waals surface area contributed by atoms with E-state index < -0.39 is 0 Å². The van der Waals surface area contributed by atoms with Gasteiger partial charge in [0.15, 0.2) is 0 Å². The number of piperidine rings is 1. The van der Waals surface area contributed by atoms with Crippen molar-refractivity contribution in [3.05, 3.63) is 0 Å². The van der Waals surface area contributed by atoms with E-state index >= 15 is 0 Å². The third-order valence-corrected chi connectivity index (χ3v) is 4.72. The fraction of sp³-hybridized carbons (Fsp3) is 0.933. The van der Waals surface area contributed by atoms with Crippen LogP contribution < -0.4 is 11.1 Å². The minimum absolute atomic E-state index is 0.0100. The molecular weight excluding hydrogens is 238 g/mol. The molecule has 2 heterocycles. The van der Waals surface area contributed by atoms with Crippen LogP contribution in [0, 0.1) is 5.41 Å². The Morgan fingerprint density at radius 3 is 2.74 bits per heavy atom. The average Bonchev–Trinajstić information content (AvgIpc) is 2.71. The molecule has 2 aliphatic heterocycles. The molecule has 0 aromatic heterocycles. The Balaban J connectivity index is 1.82. The molecule has 0 saturated carbocycles. The molecule has 110 valence electrons. The van der Waals surface area contributed by atoms with E-state index in [4.69, 9.17) is 5.73 Å². The van der Waals surface area contributed by atoms with Crippen molar-refractivity contribution in [2.75, 3.05) is 13.1 Å². The molecule has 4 nitrogen and oxygen atoms in total. The molecule has 19 heavy (non-hydrogen) atoms. The Bertz CT molecular complexity index is 324. The number of hydrogen-bond acceptors (Lipinski definition) is 3. The number of nitrogens with two attached hydrogens (primary N) is 1. The maximum absolute atomic E-state index is 12.1. The highest BCUT2D eigenvalue weighted by atomic mass is 16.1. The zero-order chi connectivity index (χ0) is 14.0. The van der Waals surface area contributed by atoms with Crippen LogP contribution in [0.15, 0.2) is 0 Å². The molecule has 3 N–H and O–H groups in total. The molecule has 3 unspecified atom stereocenters. The molecule has 0 aliphatic carbocycles. The van der Waals surface area contributed by atoms with Crippen LogP contribution in [0.1, 0.15) is 52.9 Å². The summed E-state index contributed by atoms with van der Waals surface area (Å²) < 4.78 is 0. The molecule has 2 fully saturated rings. The van der Waals surface area contributed by atoms with Crippen LogP contribution in [0.2, 0.25) is 0 Å². The summed E-state index contributed by atoms with van der Waals surface area (Å²) in [6, 6.07) is 0.847. The first-order valence-electron chi connectivity index (χ1n) is 7.67. The summed E-state index contributed by atoms with van der Waals surface area (Å²) in [7, 11) is 0. The minimum atomic E-state index is -0.0728. The van der Waals surface area contributed by atoms with Gasteiger partial charge in [-0.25, -0.2) is 0 Å². The average molecular weight is 267 g/mol. The second-order valence-electron chi connectivity index (χ2n) is 7.24. The normalized spacial score (nSPS) is 29.9. The summed E-state index contributed by atoms with van der Waals surface area (Å²) >= 11 is 0. The largest absolute Gasteiger partial charge is 0.352 e. The lowest BCUT2D eigenvalue weighted by Crippen LogP contribution is -2.48. The second kappa shape index (κ2) is 5.80. The molecule has 0 aromatic carbocycles. The third kappa shape index (κ3) is 3.69. The lowest BCUT2D eigenvalue weighted by Gasteiger charge is -2.33. The number of carbonyl (C=O) groups is 1. The highest BCUT2D eigenvalue weighted by Crippen LogP contribution is 2.27. The Kier molecular flexibility index (Phi) is 4.51. The summed E-state index contributed by atoms with van der Waals surface area (Å²) in [5.41, 5.74) is 6.08. The number of rotatable bonds is 3. The first kappa shape index (κ1) is 14.8. The standard InChI is InChI=1S/C15H29N3O/c1-15(2,3)13(16)10-14(19)17-11-7-9-18-8-5-4-6-12(11)18/h11-13H,4-10,16H2,1-3H3,(H,17,19). The monoisotopic (exact) mass is 267 g/mol. The molecule has 1 amide bonds. The molecule has 0 aromatic rings. The lowest BCUT2D eigenvalue weighted by molar-refractivity contribution is -0.122. The van der Waals surface area contributed by atoms with E-state index in [1.165, 1.54) is 25.8 Å². The molecule has 2 rings (SSSR count). The van der Waals surface area contributed by atoms with Crippen LogP contribution in [0.5, 0.6) is 0 Å². The molecule has 3 atom stereocenters. The van der Waals surface area contributed by atoms with E-state index in [2.05, 4.69) is 31.0 Å². The van der Waals surface area contributed by atoms with Gasteiger partial charge in [-0.2, -0.15) is 0 Å². The molecule has 4 heteroatoms. The van der Waals surface area contributed by atoms with Crippen molar-refractivity contribution >= 4 is 5.91 Å². The Hall–Kier alpha value is -0.610. The first-order valence-corrected chi connectivity index (χ1v) is 7.67. The summed E-state index contributed by atoms with van der Waals surface area (Å²) in [4.78, 5) is 14.7. The SMILES string of the molecule is CC(C)(C)C(N)CC(=O)NC1CCN2CCCCC12. The van der Waals surface area contributed by atoms with Crippen molar-refractivity contribution in [3.63, 3.8) is 0 Å². The fourth-order valence-corrected chi connectivity index (χ4v) is 3.19. The molecular formula is C15H29N3O. The van der Waals surface area contributed by atoms with Crippen molar-refractivity contribution in [1.82, 2.24) is 10.2 Å². The number of nitrogens with zero attached hydrogens (tertiary/aromatic N) is 1. The number of hydrogen-bond donors (Lipinski definition) is 2. The summed E-state index contributed by atoms with van der Waals surface area (Å²) in [5.74, 6) is 0.125. The number of fused-ring (bicyclic) bond motifs is 1. The zero-order valence-corrected chi connectivity index (χ0v) is 12.6. The molecule has 0 bridgehead atoms. The van der Waals surface area contributed by atoms with Gasteiger partial charge in [-0.1, -0.05) is 27.2 Å². The highest BCUT2D eigenvalue weighted by Gasteiger charge is 2.36. The lowest BCUT2D eigenvalue weighted by atomic mass is 9.85. The van der Waals surface area contributed by atoms with Gasteiger partial charge < -0.3 is 11.1 Å². The fourth-order valence-electron chi connectivity index (χ4n) is 3.19. The Morgan fingerprint density at radius 1 is 1.32 bits per heavy atom. The van der Waals surface area contributed by atoms with Gasteiger partial charge in [0.05, 0.1) is 0 Å². The van der Waals surface area contributed by atoms with E-state index in [0.717, 1.165) is 13.0 Å². The summed E-state index contributed by atoms with van der Waals surface area (Å²) in [5, 5.41) is 3.22. The van der Waals surface area contributed by atoms with Gasteiger partial charge >= 0.3 is 0 Å². The smallest absolute Gasteiger partial charge is 0.221 e. The Labute approximate surface area is 117 Å². The molecule has 2 saturated heterocycles. The van der Waals surface area contributed by atoms with E-state index in [-0.39, 0.29) is 17.4 Å². The van der Waals surface area contributed by atoms with Crippen LogP contribution in [0.4, 0.5) is 0 Å². The van der Waals surface area contributed by atoms with Crippen LogP contribution in [-0.4, -0.2) is 42.0 Å². The predicted octanol–water partition coefficient (Wildman–Crippen LogP) is 1.49. The summed E-state index contributed by atoms with van der Waals surface area (Å²) in [6.07, 6.45) is 5.38. The molecule has 2 aliphatic rings. The van der Waals surface area contributed by atoms with Crippen molar-refractivity contribution in [3.8, 4) is 0 Å². The van der Waals surface area contributed by atoms with E-state index in [9.17, 15) is 4.79 Å². The van der Waals surface area contributed by atoms with Gasteiger partial charge in [0.25, 0.3) is 0 Å². The van der Waals surface area contributed by atoms with Crippen molar-refractivity contribution in [1.29, 1.82) is 0 Å². The first-order chi connectivity index (χ1) is 8.88. The highest BCUT2D eigenvalue weighted by molar-refractivity contribution is 5.77. The maximum atomic E-state index is 12.1. The number of carbonyl (C=O) groups excluding carboxylic acids is 1. The van der Waals surface area contributed by atoms with E-state index in [1.807, 2.05) is 0 Å². The van der Waals surface area contributed by atoms with Crippen LogP contribution in [-0.2, 0) is 4.79 Å². The van der Waals surface area contributed by atoms with Gasteiger partial charge in [0.1, 0.15) is 0 Å². The minimum Gasteiger partial charge on any atom is -0.352 e. The zero-order valence-electron chi connectivity index (χ0n) is 12.6. The molecule has 0 spiro atoms. The van der Waals surface area contributed by atoms with Gasteiger partial charge in [0, 0.05) is 31.1 Å². The van der Waals surface area contributed by atoms with Crippen molar-refractivity contribution in [2.24, 2.45) is 11.1 Å². The van der Waals surface area contributed by atoms with Gasteiger partial charge in [-0.15, -0.1) is 0 Å². The van der Waals surface area contributed by atoms with E-state index in [1.54, 1.807) is 0 Å². The van der Waals surface area contributed by atoms with Crippen LogP contribution >= 0.6 is 0 Å². The van der Waals surface area contributed by atoms with Crippen molar-refractivity contribution < 1.29 is 4.79 Å². The van der Waals surface area contributed by atoms with Crippen molar-refractivity contribution in [2.45, 2.75) is 71.0 Å². The second-order valence-corrected chi connectivity index (χ2v) is 7.24. The topological polar surface area (TPSA) is 58.4 Å².